The van der Waals surface area contributed by atoms with E-state index in [2.05, 4.69) is 47.9 Å². The summed E-state index contributed by atoms with van der Waals surface area (Å²) in [5, 5.41) is 17.2. The third-order valence-electron chi connectivity index (χ3n) is 5.81. The Kier molecular flexibility index (Phi) is 5.80. The molecular formula is C27H21N9O. The van der Waals surface area contributed by atoms with Crippen molar-refractivity contribution in [2.24, 2.45) is 0 Å². The molecule has 3 heterocycles. The highest BCUT2D eigenvalue weighted by Crippen LogP contribution is 2.24. The van der Waals surface area contributed by atoms with E-state index in [1.807, 2.05) is 65.5 Å². The summed E-state index contributed by atoms with van der Waals surface area (Å²) in [6.07, 6.45) is 8.75. The molecule has 0 aliphatic carbocycles. The van der Waals surface area contributed by atoms with Crippen molar-refractivity contribution in [3.8, 4) is 0 Å². The van der Waals surface area contributed by atoms with Gasteiger partial charge in [-0.25, -0.2) is 14.6 Å². The Bertz CT molecular complexity index is 1740. The van der Waals surface area contributed by atoms with Gasteiger partial charge in [0.15, 0.2) is 0 Å². The largest absolute Gasteiger partial charge is 0.324 e. The number of nitrogens with zero attached hydrogens (tertiary/aromatic N) is 7. The Hall–Kier alpha value is -5.38. The molecule has 0 spiro atoms. The number of aromatic nitrogens is 7. The van der Waals surface area contributed by atoms with Crippen LogP contribution < -0.4 is 10.6 Å². The van der Waals surface area contributed by atoms with E-state index in [4.69, 9.17) is 0 Å². The summed E-state index contributed by atoms with van der Waals surface area (Å²) in [6.45, 7) is 0.708. The highest BCUT2D eigenvalue weighted by atomic mass is 16.1. The lowest BCUT2D eigenvalue weighted by Gasteiger charge is -2.09. The van der Waals surface area contributed by atoms with Gasteiger partial charge < -0.3 is 10.6 Å². The lowest BCUT2D eigenvalue weighted by Crippen LogP contribution is -2.03. The minimum absolute atomic E-state index is 0.392. The van der Waals surface area contributed by atoms with Gasteiger partial charge in [-0.2, -0.15) is 15.2 Å². The molecular weight excluding hydrogens is 466 g/mol. The van der Waals surface area contributed by atoms with Crippen molar-refractivity contribution in [1.29, 1.82) is 0 Å². The molecule has 10 heteroatoms. The molecule has 0 amide bonds. The van der Waals surface area contributed by atoms with Gasteiger partial charge in [-0.05, 0) is 48.0 Å². The molecule has 0 atom stereocenters. The van der Waals surface area contributed by atoms with E-state index >= 15 is 0 Å². The van der Waals surface area contributed by atoms with Crippen molar-refractivity contribution in [3.63, 3.8) is 0 Å². The smallest absolute Gasteiger partial charge is 0.232 e. The summed E-state index contributed by atoms with van der Waals surface area (Å²) in [4.78, 5) is 23.7. The van der Waals surface area contributed by atoms with Crippen molar-refractivity contribution in [2.45, 2.75) is 6.54 Å². The predicted octanol–water partition coefficient (Wildman–Crippen LogP) is 4.78. The quantitative estimate of drug-likeness (QED) is 0.233. The van der Waals surface area contributed by atoms with Crippen LogP contribution in [0.3, 0.4) is 0 Å². The lowest BCUT2D eigenvalue weighted by molar-refractivity contribution is -0.104. The number of fused-ring (bicyclic) bond motifs is 2. The standard InChI is InChI=1S/C27H21N9O/c37-12-4-11-35-25-14-23(8-7-20(25)15-30-35)33-27-29-18-28-26(34-27)32-22-9-10-24-21(13-22)16-31-36(24)17-19-5-2-1-3-6-19/h1-16,18H,17H2,(H2,28,29,32,33,34). The second kappa shape index (κ2) is 9.70. The third-order valence-corrected chi connectivity index (χ3v) is 5.81. The molecule has 0 fully saturated rings. The second-order valence-corrected chi connectivity index (χ2v) is 8.28. The van der Waals surface area contributed by atoms with Crippen molar-refractivity contribution < 1.29 is 4.79 Å². The molecule has 3 aromatic carbocycles. The number of nitrogens with one attached hydrogen (secondary N) is 2. The first-order valence-corrected chi connectivity index (χ1v) is 11.6. The van der Waals surface area contributed by atoms with E-state index in [-0.39, 0.29) is 0 Å². The van der Waals surface area contributed by atoms with Gasteiger partial charge >= 0.3 is 0 Å². The zero-order valence-electron chi connectivity index (χ0n) is 19.6. The summed E-state index contributed by atoms with van der Waals surface area (Å²) >= 11 is 0. The van der Waals surface area contributed by atoms with Gasteiger partial charge in [0.25, 0.3) is 0 Å². The minimum Gasteiger partial charge on any atom is -0.324 e. The number of aldehydes is 1. The Morgan fingerprint density at radius 3 is 2.35 bits per heavy atom. The predicted molar refractivity (Wildman–Crippen MR) is 143 cm³/mol. The van der Waals surface area contributed by atoms with E-state index in [1.165, 1.54) is 18.0 Å². The third kappa shape index (κ3) is 4.76. The van der Waals surface area contributed by atoms with Gasteiger partial charge in [-0.1, -0.05) is 30.3 Å². The zero-order valence-corrected chi connectivity index (χ0v) is 19.6. The number of hydrogen-bond donors (Lipinski definition) is 2. The van der Waals surface area contributed by atoms with E-state index in [0.29, 0.717) is 24.7 Å². The van der Waals surface area contributed by atoms with Crippen LogP contribution in [0.15, 0.2) is 91.5 Å². The van der Waals surface area contributed by atoms with Gasteiger partial charge in [-0.3, -0.25) is 9.48 Å². The average molecular weight is 488 g/mol. The fourth-order valence-electron chi connectivity index (χ4n) is 4.07. The summed E-state index contributed by atoms with van der Waals surface area (Å²) < 4.78 is 3.62. The van der Waals surface area contributed by atoms with Gasteiger partial charge in [-0.15, -0.1) is 0 Å². The Balaban J connectivity index is 1.19. The summed E-state index contributed by atoms with van der Waals surface area (Å²) in [5.74, 6) is 0.802. The maximum Gasteiger partial charge on any atom is 0.232 e. The van der Waals surface area contributed by atoms with Crippen LogP contribution in [0.25, 0.3) is 28.0 Å². The van der Waals surface area contributed by atoms with Crippen molar-refractivity contribution in [1.82, 2.24) is 34.5 Å². The molecule has 10 nitrogen and oxygen atoms in total. The monoisotopic (exact) mass is 487 g/mol. The molecule has 6 aromatic rings. The van der Waals surface area contributed by atoms with Gasteiger partial charge in [0, 0.05) is 28.3 Å². The Morgan fingerprint density at radius 1 is 0.784 bits per heavy atom. The molecule has 0 aliphatic heterocycles. The second-order valence-electron chi connectivity index (χ2n) is 8.28. The van der Waals surface area contributed by atoms with Crippen LogP contribution in [-0.4, -0.2) is 40.8 Å². The SMILES string of the molecule is O=CC=Cn1ncc2ccc(Nc3ncnc(Nc4ccc5c(cnn5Cc5ccccc5)c4)n3)cc21. The maximum absolute atomic E-state index is 10.7. The van der Waals surface area contributed by atoms with Crippen molar-refractivity contribution in [2.75, 3.05) is 10.6 Å². The fourth-order valence-corrected chi connectivity index (χ4v) is 4.07. The van der Waals surface area contributed by atoms with E-state index < -0.39 is 0 Å². The highest BCUT2D eigenvalue weighted by Gasteiger charge is 2.08. The first-order chi connectivity index (χ1) is 18.2. The van der Waals surface area contributed by atoms with E-state index in [0.717, 1.165) is 33.2 Å². The summed E-state index contributed by atoms with van der Waals surface area (Å²) in [6, 6.07) is 22.0. The van der Waals surface area contributed by atoms with Crippen LogP contribution in [0.1, 0.15) is 5.56 Å². The number of benzene rings is 3. The van der Waals surface area contributed by atoms with Gasteiger partial charge in [0.2, 0.25) is 11.9 Å². The van der Waals surface area contributed by atoms with Crippen LogP contribution in [-0.2, 0) is 11.3 Å². The average Bonchev–Trinajstić information content (AvgIpc) is 3.51. The number of anilines is 4. The highest BCUT2D eigenvalue weighted by molar-refractivity contribution is 5.85. The van der Waals surface area contributed by atoms with Crippen LogP contribution in [0.2, 0.25) is 0 Å². The van der Waals surface area contributed by atoms with Crippen LogP contribution in [0, 0.1) is 0 Å². The Morgan fingerprint density at radius 2 is 1.54 bits per heavy atom. The first kappa shape index (κ1) is 22.1. The molecule has 2 N–H and O–H groups in total. The molecule has 0 saturated carbocycles. The van der Waals surface area contributed by atoms with Crippen LogP contribution in [0.4, 0.5) is 23.3 Å². The minimum atomic E-state index is 0.392. The number of hydrogen-bond acceptors (Lipinski definition) is 8. The molecule has 3 aromatic heterocycles. The lowest BCUT2D eigenvalue weighted by atomic mass is 10.2. The maximum atomic E-state index is 10.7. The summed E-state index contributed by atoms with van der Waals surface area (Å²) in [7, 11) is 0. The van der Waals surface area contributed by atoms with E-state index in [1.54, 1.807) is 17.1 Å². The van der Waals surface area contributed by atoms with Crippen LogP contribution in [0.5, 0.6) is 0 Å². The Labute approximate surface area is 211 Å². The number of carbonyl (C=O) groups is 1. The number of allylic oxidation sites excluding steroid dienone is 1. The van der Waals surface area contributed by atoms with Crippen molar-refractivity contribution in [3.05, 3.63) is 97.1 Å². The molecule has 0 aliphatic rings. The number of carbonyl (C=O) groups excluding carboxylic acids is 1. The normalized spacial score (nSPS) is 11.4. The molecule has 180 valence electrons. The topological polar surface area (TPSA) is 115 Å². The molecule has 0 saturated heterocycles. The van der Waals surface area contributed by atoms with Gasteiger partial charge in [0.05, 0.1) is 30.0 Å². The summed E-state index contributed by atoms with van der Waals surface area (Å²) in [5.41, 5.74) is 4.71. The molecule has 0 radical (unpaired) electrons. The molecule has 6 rings (SSSR count). The number of rotatable bonds is 8. The zero-order chi connectivity index (χ0) is 25.0. The molecule has 0 unspecified atom stereocenters. The van der Waals surface area contributed by atoms with E-state index in [9.17, 15) is 4.79 Å². The van der Waals surface area contributed by atoms with Crippen molar-refractivity contribution >= 4 is 57.6 Å². The van der Waals surface area contributed by atoms with Crippen LogP contribution >= 0.6 is 0 Å². The molecule has 0 bridgehead atoms. The fraction of sp³-hybridized carbons (Fsp3) is 0.0370. The van der Waals surface area contributed by atoms with Gasteiger partial charge in [0.1, 0.15) is 12.6 Å². The first-order valence-electron chi connectivity index (χ1n) is 11.6. The molecule has 37 heavy (non-hydrogen) atoms.